The Labute approximate surface area is 126 Å². The first-order chi connectivity index (χ1) is 9.95. The normalized spacial score (nSPS) is 11.8. The van der Waals surface area contributed by atoms with Gasteiger partial charge in [-0.3, -0.25) is 0 Å². The molecule has 3 rings (SSSR count). The summed E-state index contributed by atoms with van der Waals surface area (Å²) < 4.78 is 45.9. The number of furan rings is 1. The lowest BCUT2D eigenvalue weighted by atomic mass is 10.2. The highest BCUT2D eigenvalue weighted by atomic mass is 79.9. The Hall–Kier alpha value is -2.02. The molecule has 0 amide bonds. The molecule has 0 fully saturated rings. The minimum absolute atomic E-state index is 0.245. The van der Waals surface area contributed by atoms with Crippen LogP contribution >= 0.6 is 15.9 Å². The zero-order valence-electron chi connectivity index (χ0n) is 10.4. The van der Waals surface area contributed by atoms with Crippen molar-refractivity contribution in [3.05, 3.63) is 58.9 Å². The van der Waals surface area contributed by atoms with Crippen molar-refractivity contribution in [1.82, 2.24) is 9.78 Å². The Morgan fingerprint density at radius 1 is 1.10 bits per heavy atom. The maximum Gasteiger partial charge on any atom is 0.435 e. The summed E-state index contributed by atoms with van der Waals surface area (Å²) in [6.07, 6.45) is -3.11. The summed E-state index contributed by atoms with van der Waals surface area (Å²) >= 11 is 3.28. The lowest BCUT2D eigenvalue weighted by molar-refractivity contribution is -0.141. The highest BCUT2D eigenvalue weighted by Gasteiger charge is 2.35. The van der Waals surface area contributed by atoms with Gasteiger partial charge in [0.1, 0.15) is 5.69 Å². The molecular formula is C14H8BrF3N2O. The van der Waals surface area contributed by atoms with Crippen molar-refractivity contribution >= 4 is 15.9 Å². The smallest absolute Gasteiger partial charge is 0.435 e. The second-order valence-corrected chi connectivity index (χ2v) is 5.19. The number of hydrogen-bond donors (Lipinski definition) is 0. The average Bonchev–Trinajstić information content (AvgIpc) is 3.07. The third-order valence-electron chi connectivity index (χ3n) is 2.84. The van der Waals surface area contributed by atoms with Crippen LogP contribution in [0.15, 0.2) is 57.6 Å². The minimum Gasteiger partial charge on any atom is -0.463 e. The molecule has 1 aromatic carbocycles. The average molecular weight is 357 g/mol. The molecule has 0 bridgehead atoms. The third-order valence-corrected chi connectivity index (χ3v) is 3.37. The number of nitrogens with zero attached hydrogens (tertiary/aromatic N) is 2. The molecule has 3 aromatic rings. The third kappa shape index (κ3) is 2.73. The summed E-state index contributed by atoms with van der Waals surface area (Å²) in [5.74, 6) is 0.320. The van der Waals surface area contributed by atoms with Crippen LogP contribution in [0.1, 0.15) is 5.69 Å². The van der Waals surface area contributed by atoms with Gasteiger partial charge in [0, 0.05) is 10.5 Å². The highest BCUT2D eigenvalue weighted by molar-refractivity contribution is 9.10. The summed E-state index contributed by atoms with van der Waals surface area (Å²) in [4.78, 5) is 0. The predicted octanol–water partition coefficient (Wildman–Crippen LogP) is 4.91. The molecule has 0 aliphatic carbocycles. The zero-order valence-corrected chi connectivity index (χ0v) is 12.0. The summed E-state index contributed by atoms with van der Waals surface area (Å²) in [6, 6.07) is 11.0. The summed E-state index contributed by atoms with van der Waals surface area (Å²) in [5.41, 5.74) is -0.202. The second-order valence-electron chi connectivity index (χ2n) is 4.28. The van der Waals surface area contributed by atoms with E-state index in [1.54, 1.807) is 36.4 Å². The van der Waals surface area contributed by atoms with Gasteiger partial charge in [0.15, 0.2) is 11.5 Å². The molecule has 0 saturated heterocycles. The molecule has 0 spiro atoms. The largest absolute Gasteiger partial charge is 0.463 e. The van der Waals surface area contributed by atoms with Crippen LogP contribution in [0.5, 0.6) is 0 Å². The summed E-state index contributed by atoms with van der Waals surface area (Å²) in [7, 11) is 0. The minimum atomic E-state index is -4.51. The van der Waals surface area contributed by atoms with Gasteiger partial charge in [-0.2, -0.15) is 18.3 Å². The van der Waals surface area contributed by atoms with Crippen LogP contribution in [-0.4, -0.2) is 9.78 Å². The van der Waals surface area contributed by atoms with Crippen LogP contribution in [0.2, 0.25) is 0 Å². The first-order valence-corrected chi connectivity index (χ1v) is 6.71. The van der Waals surface area contributed by atoms with Crippen molar-refractivity contribution in [2.45, 2.75) is 6.18 Å². The quantitative estimate of drug-likeness (QED) is 0.652. The Morgan fingerprint density at radius 2 is 1.81 bits per heavy atom. The van der Waals surface area contributed by atoms with Crippen molar-refractivity contribution in [1.29, 1.82) is 0 Å². The number of rotatable bonds is 2. The van der Waals surface area contributed by atoms with Crippen molar-refractivity contribution in [2.24, 2.45) is 0 Å². The van der Waals surface area contributed by atoms with Gasteiger partial charge >= 0.3 is 6.18 Å². The van der Waals surface area contributed by atoms with E-state index >= 15 is 0 Å². The second kappa shape index (κ2) is 5.07. The maximum atomic E-state index is 12.9. The van der Waals surface area contributed by atoms with Crippen LogP contribution in [0.25, 0.3) is 17.1 Å². The van der Waals surface area contributed by atoms with Crippen molar-refractivity contribution in [3.8, 4) is 17.1 Å². The van der Waals surface area contributed by atoms with E-state index in [-0.39, 0.29) is 5.69 Å². The molecule has 2 heterocycles. The molecule has 0 aliphatic rings. The molecule has 0 unspecified atom stereocenters. The standard InChI is InChI=1S/C14H8BrF3N2O/c15-9-3-5-10(6-4-9)20-11(12-2-1-7-21-12)8-13(19-20)14(16,17)18/h1-8H. The Balaban J connectivity index is 2.18. The number of benzene rings is 1. The van der Waals surface area contributed by atoms with E-state index in [9.17, 15) is 13.2 Å². The van der Waals surface area contributed by atoms with E-state index in [0.717, 1.165) is 10.5 Å². The fourth-order valence-corrected chi connectivity index (χ4v) is 2.16. The van der Waals surface area contributed by atoms with E-state index in [4.69, 9.17) is 4.42 Å². The zero-order chi connectivity index (χ0) is 15.0. The van der Waals surface area contributed by atoms with E-state index < -0.39 is 11.9 Å². The van der Waals surface area contributed by atoms with E-state index in [1.807, 2.05) is 0 Å². The van der Waals surface area contributed by atoms with Gasteiger partial charge < -0.3 is 4.42 Å². The predicted molar refractivity (Wildman–Crippen MR) is 74.0 cm³/mol. The van der Waals surface area contributed by atoms with Crippen molar-refractivity contribution in [3.63, 3.8) is 0 Å². The number of aromatic nitrogens is 2. The van der Waals surface area contributed by atoms with E-state index in [2.05, 4.69) is 21.0 Å². The van der Waals surface area contributed by atoms with Gasteiger partial charge in [0.25, 0.3) is 0 Å². The maximum absolute atomic E-state index is 12.9. The van der Waals surface area contributed by atoms with Crippen LogP contribution in [0.4, 0.5) is 13.2 Å². The first kappa shape index (κ1) is 13.9. The molecule has 2 aromatic heterocycles. The number of halogens is 4. The molecule has 0 atom stereocenters. The van der Waals surface area contributed by atoms with E-state index in [0.29, 0.717) is 11.4 Å². The molecular weight excluding hydrogens is 349 g/mol. The van der Waals surface area contributed by atoms with Crippen LogP contribution in [0.3, 0.4) is 0 Å². The van der Waals surface area contributed by atoms with Gasteiger partial charge in [-0.1, -0.05) is 15.9 Å². The molecule has 108 valence electrons. The topological polar surface area (TPSA) is 31.0 Å². The molecule has 3 nitrogen and oxygen atoms in total. The molecule has 21 heavy (non-hydrogen) atoms. The van der Waals surface area contributed by atoms with E-state index in [1.165, 1.54) is 10.9 Å². The van der Waals surface area contributed by atoms with Gasteiger partial charge in [-0.15, -0.1) is 0 Å². The SMILES string of the molecule is FC(F)(F)c1cc(-c2ccco2)n(-c2ccc(Br)cc2)n1. The van der Waals surface area contributed by atoms with Crippen molar-refractivity contribution in [2.75, 3.05) is 0 Å². The Kier molecular flexibility index (Phi) is 3.36. The van der Waals surface area contributed by atoms with Gasteiger partial charge in [0.2, 0.25) is 0 Å². The summed E-state index contributed by atoms with van der Waals surface area (Å²) in [5, 5.41) is 3.65. The molecule has 0 aliphatic heterocycles. The van der Waals surface area contributed by atoms with Gasteiger partial charge in [-0.25, -0.2) is 4.68 Å². The number of hydrogen-bond acceptors (Lipinski definition) is 2. The van der Waals surface area contributed by atoms with Crippen LogP contribution < -0.4 is 0 Å². The molecule has 7 heteroatoms. The van der Waals surface area contributed by atoms with Gasteiger partial charge in [-0.05, 0) is 36.4 Å². The van der Waals surface area contributed by atoms with Crippen LogP contribution in [0, 0.1) is 0 Å². The first-order valence-electron chi connectivity index (χ1n) is 5.92. The lowest BCUT2D eigenvalue weighted by Crippen LogP contribution is -2.07. The van der Waals surface area contributed by atoms with Crippen LogP contribution in [-0.2, 0) is 6.18 Å². The van der Waals surface area contributed by atoms with Gasteiger partial charge in [0.05, 0.1) is 12.0 Å². The summed E-state index contributed by atoms with van der Waals surface area (Å²) in [6.45, 7) is 0. The molecule has 0 saturated carbocycles. The Morgan fingerprint density at radius 3 is 2.38 bits per heavy atom. The molecule has 0 N–H and O–H groups in total. The number of alkyl halides is 3. The Bertz CT molecular complexity index is 746. The highest BCUT2D eigenvalue weighted by Crippen LogP contribution is 2.33. The monoisotopic (exact) mass is 356 g/mol. The van der Waals surface area contributed by atoms with Crippen molar-refractivity contribution < 1.29 is 17.6 Å². The fraction of sp³-hybridized carbons (Fsp3) is 0.0714. The molecule has 0 radical (unpaired) electrons. The fourth-order valence-electron chi connectivity index (χ4n) is 1.90. The lowest BCUT2D eigenvalue weighted by Gasteiger charge is -2.05.